The Morgan fingerprint density at radius 2 is 1.90 bits per heavy atom. The van der Waals surface area contributed by atoms with Gasteiger partial charge >= 0.3 is 0 Å². The Balaban J connectivity index is 1.93. The fourth-order valence-electron chi connectivity index (χ4n) is 2.33. The first kappa shape index (κ1) is 15.4. The van der Waals surface area contributed by atoms with E-state index < -0.39 is 0 Å². The van der Waals surface area contributed by atoms with Crippen LogP contribution in [0.3, 0.4) is 0 Å². The second-order valence-corrected chi connectivity index (χ2v) is 5.73. The first-order valence-electron chi connectivity index (χ1n) is 6.58. The van der Waals surface area contributed by atoms with Gasteiger partial charge in [0.05, 0.1) is 11.5 Å². The van der Waals surface area contributed by atoms with E-state index in [2.05, 4.69) is 25.7 Å². The van der Waals surface area contributed by atoms with Crippen LogP contribution < -0.4 is 0 Å². The third-order valence-corrected chi connectivity index (χ3v) is 4.26. The number of benzene rings is 1. The van der Waals surface area contributed by atoms with Crippen molar-refractivity contribution in [2.24, 2.45) is 0 Å². The van der Waals surface area contributed by atoms with E-state index in [0.717, 1.165) is 49.3 Å². The van der Waals surface area contributed by atoms with Crippen molar-refractivity contribution in [3.63, 3.8) is 0 Å². The van der Waals surface area contributed by atoms with E-state index in [1.807, 2.05) is 6.07 Å². The van der Waals surface area contributed by atoms with Crippen LogP contribution in [0, 0.1) is 10.1 Å². The minimum absolute atomic E-state index is 0.105. The van der Waals surface area contributed by atoms with Crippen LogP contribution in [0.4, 0.5) is 5.69 Å². The summed E-state index contributed by atoms with van der Waals surface area (Å²) in [5, 5.41) is 19.6. The van der Waals surface area contributed by atoms with Crippen LogP contribution in [-0.2, 0) is 6.54 Å². The summed E-state index contributed by atoms with van der Waals surface area (Å²) in [6, 6.07) is 4.90. The van der Waals surface area contributed by atoms with Crippen molar-refractivity contribution >= 4 is 21.6 Å². The molecule has 1 heterocycles. The Morgan fingerprint density at radius 1 is 1.25 bits per heavy atom. The van der Waals surface area contributed by atoms with Crippen LogP contribution >= 0.6 is 15.9 Å². The van der Waals surface area contributed by atoms with Crippen molar-refractivity contribution in [2.75, 3.05) is 39.3 Å². The molecule has 0 amide bonds. The highest BCUT2D eigenvalue weighted by Crippen LogP contribution is 2.24. The SMILES string of the molecule is O=[N+]([O-])c1ccc(CN2CCN(CCO)CC2)c(Br)c1. The van der Waals surface area contributed by atoms with Gasteiger partial charge in [0.15, 0.2) is 0 Å². The van der Waals surface area contributed by atoms with Gasteiger partial charge in [0.2, 0.25) is 0 Å². The smallest absolute Gasteiger partial charge is 0.270 e. The average molecular weight is 344 g/mol. The maximum Gasteiger partial charge on any atom is 0.270 e. The Labute approximate surface area is 126 Å². The predicted molar refractivity (Wildman–Crippen MR) is 79.6 cm³/mol. The largest absolute Gasteiger partial charge is 0.395 e. The van der Waals surface area contributed by atoms with Gasteiger partial charge in [0.1, 0.15) is 0 Å². The molecule has 0 radical (unpaired) electrons. The summed E-state index contributed by atoms with van der Waals surface area (Å²) in [5.74, 6) is 0. The van der Waals surface area contributed by atoms with Crippen molar-refractivity contribution in [2.45, 2.75) is 6.54 Å². The van der Waals surface area contributed by atoms with Crippen molar-refractivity contribution < 1.29 is 10.0 Å². The van der Waals surface area contributed by atoms with Gasteiger partial charge in [0.25, 0.3) is 5.69 Å². The minimum atomic E-state index is -0.387. The number of rotatable bonds is 5. The summed E-state index contributed by atoms with van der Waals surface area (Å²) < 4.78 is 0.782. The molecule has 0 aromatic heterocycles. The van der Waals surface area contributed by atoms with Crippen LogP contribution in [0.1, 0.15) is 5.56 Å². The number of hydrogen-bond acceptors (Lipinski definition) is 5. The van der Waals surface area contributed by atoms with E-state index in [0.29, 0.717) is 0 Å². The Morgan fingerprint density at radius 3 is 2.45 bits per heavy atom. The van der Waals surface area contributed by atoms with Gasteiger partial charge in [-0.25, -0.2) is 0 Å². The van der Waals surface area contributed by atoms with E-state index in [-0.39, 0.29) is 17.2 Å². The number of aliphatic hydroxyl groups is 1. The third-order valence-electron chi connectivity index (χ3n) is 3.52. The summed E-state index contributed by atoms with van der Waals surface area (Å²) in [6.45, 7) is 5.51. The van der Waals surface area contributed by atoms with Gasteiger partial charge in [-0.05, 0) is 11.6 Å². The number of hydrogen-bond donors (Lipinski definition) is 1. The average Bonchev–Trinajstić information content (AvgIpc) is 2.43. The fourth-order valence-corrected chi connectivity index (χ4v) is 2.82. The van der Waals surface area contributed by atoms with Crippen LogP contribution in [0.5, 0.6) is 0 Å². The fraction of sp³-hybridized carbons (Fsp3) is 0.538. The van der Waals surface area contributed by atoms with Gasteiger partial charge in [-0.15, -0.1) is 0 Å². The first-order chi connectivity index (χ1) is 9.60. The normalized spacial score (nSPS) is 17.3. The van der Waals surface area contributed by atoms with Crippen LogP contribution in [0.15, 0.2) is 22.7 Å². The van der Waals surface area contributed by atoms with E-state index in [1.165, 1.54) is 0 Å². The number of aliphatic hydroxyl groups excluding tert-OH is 1. The molecule has 1 fully saturated rings. The predicted octanol–water partition coefficient (Wildman–Crippen LogP) is 1.47. The number of nitro benzene ring substituents is 1. The van der Waals surface area contributed by atoms with E-state index in [4.69, 9.17) is 5.11 Å². The molecule has 2 rings (SSSR count). The second kappa shape index (κ2) is 7.12. The number of nitro groups is 1. The summed E-state index contributed by atoms with van der Waals surface area (Å²) in [5.41, 5.74) is 1.17. The lowest BCUT2D eigenvalue weighted by Gasteiger charge is -2.34. The number of nitrogens with zero attached hydrogens (tertiary/aromatic N) is 3. The maximum atomic E-state index is 10.7. The van der Waals surface area contributed by atoms with Crippen molar-refractivity contribution in [1.29, 1.82) is 0 Å². The zero-order valence-corrected chi connectivity index (χ0v) is 12.8. The summed E-state index contributed by atoms with van der Waals surface area (Å²) in [7, 11) is 0. The number of halogens is 1. The third kappa shape index (κ3) is 3.99. The highest BCUT2D eigenvalue weighted by atomic mass is 79.9. The zero-order chi connectivity index (χ0) is 14.5. The molecule has 110 valence electrons. The summed E-state index contributed by atoms with van der Waals surface area (Å²) in [6.07, 6.45) is 0. The standard InChI is InChI=1S/C13H18BrN3O3/c14-13-9-12(17(19)20)2-1-11(13)10-16-5-3-15(4-6-16)7-8-18/h1-2,9,18H,3-8,10H2. The Kier molecular flexibility index (Phi) is 5.47. The molecule has 7 heteroatoms. The molecular weight excluding hydrogens is 326 g/mol. The van der Waals surface area contributed by atoms with Crippen LogP contribution in [0.25, 0.3) is 0 Å². The molecule has 0 unspecified atom stereocenters. The topological polar surface area (TPSA) is 69.9 Å². The molecule has 20 heavy (non-hydrogen) atoms. The molecule has 0 bridgehead atoms. The van der Waals surface area contributed by atoms with Gasteiger partial charge in [-0.1, -0.05) is 15.9 Å². The monoisotopic (exact) mass is 343 g/mol. The molecule has 0 spiro atoms. The summed E-state index contributed by atoms with van der Waals surface area (Å²) in [4.78, 5) is 14.9. The second-order valence-electron chi connectivity index (χ2n) is 4.87. The van der Waals surface area contributed by atoms with Crippen molar-refractivity contribution in [3.8, 4) is 0 Å². The zero-order valence-electron chi connectivity index (χ0n) is 11.2. The van der Waals surface area contributed by atoms with Crippen molar-refractivity contribution in [3.05, 3.63) is 38.3 Å². The van der Waals surface area contributed by atoms with E-state index in [9.17, 15) is 10.1 Å². The molecular formula is C13H18BrN3O3. The molecule has 1 saturated heterocycles. The number of non-ortho nitro benzene ring substituents is 1. The Bertz CT molecular complexity index is 476. The van der Waals surface area contributed by atoms with Gasteiger partial charge in [0, 0.05) is 55.9 Å². The summed E-state index contributed by atoms with van der Waals surface area (Å²) >= 11 is 3.40. The van der Waals surface area contributed by atoms with Gasteiger partial charge in [-0.2, -0.15) is 0 Å². The quantitative estimate of drug-likeness (QED) is 0.647. The Hall–Kier alpha value is -1.02. The van der Waals surface area contributed by atoms with E-state index in [1.54, 1.807) is 12.1 Å². The molecule has 1 aromatic carbocycles. The van der Waals surface area contributed by atoms with Crippen molar-refractivity contribution in [1.82, 2.24) is 9.80 Å². The molecule has 1 aliphatic heterocycles. The molecule has 1 N–H and O–H groups in total. The molecule has 0 saturated carbocycles. The highest BCUT2D eigenvalue weighted by Gasteiger charge is 2.18. The highest BCUT2D eigenvalue weighted by molar-refractivity contribution is 9.10. The van der Waals surface area contributed by atoms with Crippen LogP contribution in [-0.4, -0.2) is 59.2 Å². The lowest BCUT2D eigenvalue weighted by Crippen LogP contribution is -2.46. The van der Waals surface area contributed by atoms with Crippen LogP contribution in [0.2, 0.25) is 0 Å². The molecule has 1 aromatic rings. The van der Waals surface area contributed by atoms with Gasteiger partial charge < -0.3 is 5.11 Å². The van der Waals surface area contributed by atoms with E-state index >= 15 is 0 Å². The minimum Gasteiger partial charge on any atom is -0.395 e. The maximum absolute atomic E-state index is 10.7. The molecule has 6 nitrogen and oxygen atoms in total. The molecule has 0 atom stereocenters. The number of β-amino-alcohol motifs (C(OH)–C–C–N with tert-alkyl or cyclic N) is 1. The lowest BCUT2D eigenvalue weighted by molar-refractivity contribution is -0.384. The first-order valence-corrected chi connectivity index (χ1v) is 7.38. The lowest BCUT2D eigenvalue weighted by atomic mass is 10.2. The van der Waals surface area contributed by atoms with Gasteiger partial charge in [-0.3, -0.25) is 19.9 Å². The number of piperazine rings is 1. The molecule has 0 aliphatic carbocycles. The molecule has 1 aliphatic rings.